The van der Waals surface area contributed by atoms with Crippen LogP contribution in [-0.2, 0) is 22.2 Å². The van der Waals surface area contributed by atoms with Crippen molar-refractivity contribution in [2.45, 2.75) is 25.9 Å². The van der Waals surface area contributed by atoms with Gasteiger partial charge in [0.1, 0.15) is 5.78 Å². The summed E-state index contributed by atoms with van der Waals surface area (Å²) in [5.74, 6) is -0.759. The van der Waals surface area contributed by atoms with E-state index in [0.717, 1.165) is 6.07 Å². The molecule has 0 spiro atoms. The summed E-state index contributed by atoms with van der Waals surface area (Å²) in [5, 5.41) is 2.41. The van der Waals surface area contributed by atoms with E-state index >= 15 is 0 Å². The second kappa shape index (κ2) is 6.36. The van der Waals surface area contributed by atoms with E-state index in [-0.39, 0.29) is 30.7 Å². The number of benzene rings is 1. The van der Waals surface area contributed by atoms with Crippen molar-refractivity contribution < 1.29 is 22.8 Å². The summed E-state index contributed by atoms with van der Waals surface area (Å²) in [7, 11) is 0. The maximum absolute atomic E-state index is 12.7. The summed E-state index contributed by atoms with van der Waals surface area (Å²) < 4.78 is 38.0. The molecule has 6 heteroatoms. The van der Waals surface area contributed by atoms with Crippen LogP contribution in [0.1, 0.15) is 24.5 Å². The van der Waals surface area contributed by atoms with Gasteiger partial charge in [-0.3, -0.25) is 9.59 Å². The maximum atomic E-state index is 12.7. The van der Waals surface area contributed by atoms with Gasteiger partial charge >= 0.3 is 6.18 Å². The van der Waals surface area contributed by atoms with Crippen LogP contribution < -0.4 is 5.32 Å². The van der Waals surface area contributed by atoms with Gasteiger partial charge in [0.2, 0.25) is 5.91 Å². The molecule has 1 amide bonds. The third-order valence-corrected chi connectivity index (χ3v) is 2.45. The predicted octanol–water partition coefficient (Wildman–Crippen LogP) is 2.34. The lowest BCUT2D eigenvalue weighted by Gasteiger charge is -2.12. The normalized spacial score (nSPS) is 11.2. The molecular formula is C13H14F3NO2. The highest BCUT2D eigenvalue weighted by Crippen LogP contribution is 2.31. The summed E-state index contributed by atoms with van der Waals surface area (Å²) in [6, 6.07) is 5.22. The quantitative estimate of drug-likeness (QED) is 0.837. The fourth-order valence-corrected chi connectivity index (χ4v) is 1.64. The first kappa shape index (κ1) is 15.2. The highest BCUT2D eigenvalue weighted by Gasteiger charge is 2.32. The van der Waals surface area contributed by atoms with E-state index in [4.69, 9.17) is 0 Å². The number of carbonyl (C=O) groups excluding carboxylic acids is 2. The van der Waals surface area contributed by atoms with E-state index in [2.05, 4.69) is 5.32 Å². The molecule has 3 nitrogen and oxygen atoms in total. The molecule has 0 aliphatic heterocycles. The van der Waals surface area contributed by atoms with Crippen molar-refractivity contribution >= 4 is 11.7 Å². The number of ketones is 1. The Labute approximate surface area is 108 Å². The Morgan fingerprint density at radius 2 is 1.84 bits per heavy atom. The Morgan fingerprint density at radius 3 is 2.42 bits per heavy atom. The van der Waals surface area contributed by atoms with Crippen molar-refractivity contribution in [3.63, 3.8) is 0 Å². The summed E-state index contributed by atoms with van der Waals surface area (Å²) >= 11 is 0. The topological polar surface area (TPSA) is 46.2 Å². The molecule has 19 heavy (non-hydrogen) atoms. The number of halogens is 3. The Morgan fingerprint density at radius 1 is 1.21 bits per heavy atom. The van der Waals surface area contributed by atoms with Gasteiger partial charge in [0, 0.05) is 6.54 Å². The molecule has 1 N–H and O–H groups in total. The molecule has 0 heterocycles. The Kier molecular flexibility index (Phi) is 5.09. The van der Waals surface area contributed by atoms with Crippen LogP contribution in [0.2, 0.25) is 0 Å². The van der Waals surface area contributed by atoms with Crippen molar-refractivity contribution in [3.8, 4) is 0 Å². The molecule has 0 saturated carbocycles. The monoisotopic (exact) mass is 273 g/mol. The summed E-state index contributed by atoms with van der Waals surface area (Å²) in [5.41, 5.74) is -0.575. The molecule has 0 bridgehead atoms. The zero-order chi connectivity index (χ0) is 14.5. The minimum Gasteiger partial charge on any atom is -0.355 e. The Bertz CT molecular complexity index is 469. The van der Waals surface area contributed by atoms with Crippen LogP contribution in [0.5, 0.6) is 0 Å². The second-order valence-corrected chi connectivity index (χ2v) is 4.13. The largest absolute Gasteiger partial charge is 0.416 e. The van der Waals surface area contributed by atoms with Gasteiger partial charge in [-0.05, 0) is 25.0 Å². The van der Waals surface area contributed by atoms with Crippen LogP contribution in [0.25, 0.3) is 0 Å². The summed E-state index contributed by atoms with van der Waals surface area (Å²) in [4.78, 5) is 21.8. The number of carbonyl (C=O) groups is 2. The molecule has 0 unspecified atom stereocenters. The number of Topliss-reactive ketones (excluding diaryl/α,β-unsaturated/α-hetero) is 1. The van der Waals surface area contributed by atoms with E-state index < -0.39 is 17.6 Å². The van der Waals surface area contributed by atoms with Crippen molar-refractivity contribution in [1.82, 2.24) is 5.32 Å². The smallest absolute Gasteiger partial charge is 0.355 e. The van der Waals surface area contributed by atoms with Gasteiger partial charge in [-0.25, -0.2) is 0 Å². The Balaban J connectivity index is 2.59. The zero-order valence-corrected chi connectivity index (χ0v) is 10.4. The number of amides is 1. The molecule has 104 valence electrons. The van der Waals surface area contributed by atoms with Crippen molar-refractivity contribution in [2.75, 3.05) is 6.54 Å². The van der Waals surface area contributed by atoms with Crippen LogP contribution in [0, 0.1) is 0 Å². The second-order valence-electron chi connectivity index (χ2n) is 4.13. The molecule has 0 atom stereocenters. The van der Waals surface area contributed by atoms with Crippen LogP contribution in [0.15, 0.2) is 24.3 Å². The van der Waals surface area contributed by atoms with Crippen LogP contribution >= 0.6 is 0 Å². The van der Waals surface area contributed by atoms with Crippen LogP contribution in [0.3, 0.4) is 0 Å². The minimum atomic E-state index is -4.40. The van der Waals surface area contributed by atoms with Crippen molar-refractivity contribution in [1.29, 1.82) is 0 Å². The molecule has 0 aromatic heterocycles. The lowest BCUT2D eigenvalue weighted by atomic mass is 10.0. The number of hydrogen-bond donors (Lipinski definition) is 1. The van der Waals surface area contributed by atoms with Gasteiger partial charge in [0.25, 0.3) is 0 Å². The van der Waals surface area contributed by atoms with Gasteiger partial charge in [0.05, 0.1) is 12.0 Å². The molecule has 1 aromatic rings. The van der Waals surface area contributed by atoms with Gasteiger partial charge in [-0.1, -0.05) is 18.2 Å². The molecule has 0 aliphatic rings. The van der Waals surface area contributed by atoms with E-state index in [1.165, 1.54) is 25.1 Å². The first-order valence-electron chi connectivity index (χ1n) is 5.72. The predicted molar refractivity (Wildman–Crippen MR) is 63.5 cm³/mol. The number of alkyl halides is 3. The van der Waals surface area contributed by atoms with Gasteiger partial charge < -0.3 is 5.32 Å². The molecule has 1 rings (SSSR count). The van der Waals surface area contributed by atoms with Gasteiger partial charge in [-0.2, -0.15) is 13.2 Å². The third kappa shape index (κ3) is 5.11. The molecule has 0 fully saturated rings. The molecular weight excluding hydrogens is 259 g/mol. The highest BCUT2D eigenvalue weighted by atomic mass is 19.4. The van der Waals surface area contributed by atoms with Crippen LogP contribution in [-0.4, -0.2) is 18.2 Å². The van der Waals surface area contributed by atoms with E-state index in [1.54, 1.807) is 0 Å². The van der Waals surface area contributed by atoms with Crippen molar-refractivity contribution in [2.24, 2.45) is 0 Å². The fraction of sp³-hybridized carbons (Fsp3) is 0.385. The van der Waals surface area contributed by atoms with Gasteiger partial charge in [0.15, 0.2) is 0 Å². The average Bonchev–Trinajstić information content (AvgIpc) is 2.27. The van der Waals surface area contributed by atoms with E-state index in [0.29, 0.717) is 0 Å². The highest BCUT2D eigenvalue weighted by molar-refractivity contribution is 5.96. The molecule has 1 aromatic carbocycles. The SMILES string of the molecule is CC(=O)CC(=O)NCCc1ccccc1C(F)(F)F. The standard InChI is InChI=1S/C13H14F3NO2/c1-9(18)8-12(19)17-7-6-10-4-2-3-5-11(10)13(14,15)16/h2-5H,6-8H2,1H3,(H,17,19). The van der Waals surface area contributed by atoms with E-state index in [9.17, 15) is 22.8 Å². The lowest BCUT2D eigenvalue weighted by Crippen LogP contribution is -2.27. The Hall–Kier alpha value is -1.85. The summed E-state index contributed by atoms with van der Waals surface area (Å²) in [6.45, 7) is 1.34. The first-order valence-corrected chi connectivity index (χ1v) is 5.72. The number of nitrogens with one attached hydrogen (secondary N) is 1. The molecule has 0 saturated heterocycles. The minimum absolute atomic E-state index is 0.0687. The number of hydrogen-bond acceptors (Lipinski definition) is 2. The number of rotatable bonds is 5. The van der Waals surface area contributed by atoms with Crippen molar-refractivity contribution in [3.05, 3.63) is 35.4 Å². The average molecular weight is 273 g/mol. The third-order valence-electron chi connectivity index (χ3n) is 2.45. The lowest BCUT2D eigenvalue weighted by molar-refractivity contribution is -0.138. The zero-order valence-electron chi connectivity index (χ0n) is 10.4. The maximum Gasteiger partial charge on any atom is 0.416 e. The summed E-state index contributed by atoms with van der Waals surface area (Å²) in [6.07, 6.45) is -4.58. The molecule has 0 radical (unpaired) electrons. The van der Waals surface area contributed by atoms with Crippen LogP contribution in [0.4, 0.5) is 13.2 Å². The van der Waals surface area contributed by atoms with Gasteiger partial charge in [-0.15, -0.1) is 0 Å². The fourth-order valence-electron chi connectivity index (χ4n) is 1.64. The van der Waals surface area contributed by atoms with E-state index in [1.807, 2.05) is 0 Å². The first-order chi connectivity index (χ1) is 8.80. The molecule has 0 aliphatic carbocycles.